The van der Waals surface area contributed by atoms with Crippen molar-refractivity contribution < 1.29 is 13.2 Å². The monoisotopic (exact) mass is 243 g/mol. The van der Waals surface area contributed by atoms with Crippen LogP contribution in [0.2, 0.25) is 5.02 Å². The lowest BCUT2D eigenvalue weighted by Crippen LogP contribution is -2.12. The first kappa shape index (κ1) is 11.7. The van der Waals surface area contributed by atoms with Crippen molar-refractivity contribution in [2.24, 2.45) is 5.14 Å². The van der Waals surface area contributed by atoms with Crippen molar-refractivity contribution in [3.05, 3.63) is 28.8 Å². The first-order valence-corrected chi connectivity index (χ1v) is 5.65. The van der Waals surface area contributed by atoms with Crippen LogP contribution in [0.5, 0.6) is 0 Å². The van der Waals surface area contributed by atoms with Gasteiger partial charge in [0.2, 0.25) is 10.0 Å². The van der Waals surface area contributed by atoms with Gasteiger partial charge in [-0.25, -0.2) is 13.6 Å². The third kappa shape index (κ3) is 3.06. The minimum Gasteiger partial charge on any atom is -0.289 e. The fourth-order valence-electron chi connectivity index (χ4n) is 0.922. The molecule has 0 aliphatic rings. The third-order valence-electron chi connectivity index (χ3n) is 1.51. The maximum atomic E-state index is 11.0. The van der Waals surface area contributed by atoms with E-state index < -0.39 is 10.0 Å². The van der Waals surface area contributed by atoms with Crippen LogP contribution in [0.3, 0.4) is 0 Å². The van der Waals surface area contributed by atoms with Gasteiger partial charge in [0.1, 0.15) is 4.90 Å². The number of halogens is 1. The van der Waals surface area contributed by atoms with Crippen molar-refractivity contribution in [1.29, 1.82) is 0 Å². The quantitative estimate of drug-likeness (QED) is 0.578. The minimum atomic E-state index is -3.82. The largest absolute Gasteiger partial charge is 0.289 e. The Balaban J connectivity index is 3.26. The molecule has 1 aromatic carbocycles. The van der Waals surface area contributed by atoms with Gasteiger partial charge in [-0.3, -0.25) is 4.79 Å². The molecule has 0 atom stereocenters. The van der Waals surface area contributed by atoms with E-state index in [1.54, 1.807) is 0 Å². The van der Waals surface area contributed by atoms with E-state index in [0.29, 0.717) is 11.8 Å². The Kier molecular flexibility index (Phi) is 3.48. The summed E-state index contributed by atoms with van der Waals surface area (Å²) in [5.74, 6) is 4.66. The van der Waals surface area contributed by atoms with E-state index in [2.05, 4.69) is 11.8 Å². The van der Waals surface area contributed by atoms with Crippen LogP contribution >= 0.6 is 11.6 Å². The Morgan fingerprint density at radius 3 is 2.53 bits per heavy atom. The highest BCUT2D eigenvalue weighted by Gasteiger charge is 2.12. The Morgan fingerprint density at radius 2 is 2.07 bits per heavy atom. The molecule has 0 heterocycles. The standard InChI is InChI=1S/C9H6ClNO3S/c10-8-6-7(2-1-5-12)3-4-9(8)15(11,13)14/h3-6H,(H2,11,13,14). The van der Waals surface area contributed by atoms with Crippen LogP contribution in [0.25, 0.3) is 0 Å². The van der Waals surface area contributed by atoms with Gasteiger partial charge in [-0.05, 0) is 24.1 Å². The number of carbonyl (C=O) groups is 1. The van der Waals surface area contributed by atoms with Gasteiger partial charge in [0.15, 0.2) is 6.29 Å². The number of aldehydes is 1. The number of sulfonamides is 1. The molecule has 0 aliphatic carbocycles. The number of primary sulfonamides is 1. The summed E-state index contributed by atoms with van der Waals surface area (Å²) >= 11 is 5.68. The van der Waals surface area contributed by atoms with Crippen molar-refractivity contribution in [2.45, 2.75) is 4.90 Å². The molecule has 0 bridgehead atoms. The highest BCUT2D eigenvalue weighted by Crippen LogP contribution is 2.20. The molecule has 0 unspecified atom stereocenters. The van der Waals surface area contributed by atoms with E-state index in [1.807, 2.05) is 0 Å². The van der Waals surface area contributed by atoms with Crippen LogP contribution < -0.4 is 5.14 Å². The van der Waals surface area contributed by atoms with E-state index in [0.717, 1.165) is 0 Å². The predicted molar refractivity (Wildman–Crippen MR) is 55.8 cm³/mol. The van der Waals surface area contributed by atoms with Crippen LogP contribution in [0.1, 0.15) is 5.56 Å². The molecular formula is C9H6ClNO3S. The molecule has 0 fully saturated rings. The van der Waals surface area contributed by atoms with Gasteiger partial charge in [-0.15, -0.1) is 0 Å². The number of nitrogens with two attached hydrogens (primary N) is 1. The zero-order chi connectivity index (χ0) is 11.5. The highest BCUT2D eigenvalue weighted by molar-refractivity contribution is 7.89. The summed E-state index contributed by atoms with van der Waals surface area (Å²) in [6, 6.07) is 3.99. The maximum absolute atomic E-state index is 11.0. The van der Waals surface area contributed by atoms with Crippen molar-refractivity contribution in [3.8, 4) is 11.8 Å². The fraction of sp³-hybridized carbons (Fsp3) is 0. The smallest absolute Gasteiger partial charge is 0.239 e. The summed E-state index contributed by atoms with van der Waals surface area (Å²) in [5.41, 5.74) is 0.444. The summed E-state index contributed by atoms with van der Waals surface area (Å²) < 4.78 is 22.0. The second kappa shape index (κ2) is 4.45. The van der Waals surface area contributed by atoms with E-state index in [-0.39, 0.29) is 9.92 Å². The van der Waals surface area contributed by atoms with Crippen molar-refractivity contribution >= 4 is 27.9 Å². The minimum absolute atomic E-state index is 0.0183. The van der Waals surface area contributed by atoms with Gasteiger partial charge in [0, 0.05) is 5.56 Å². The number of hydrogen-bond donors (Lipinski definition) is 1. The van der Waals surface area contributed by atoms with Gasteiger partial charge in [0.05, 0.1) is 5.02 Å². The zero-order valence-corrected chi connectivity index (χ0v) is 8.97. The molecule has 0 amide bonds. The molecule has 0 spiro atoms. The molecule has 1 aromatic rings. The summed E-state index contributed by atoms with van der Waals surface area (Å²) in [4.78, 5) is 9.80. The van der Waals surface area contributed by atoms with Crippen LogP contribution in [0.4, 0.5) is 0 Å². The van der Waals surface area contributed by atoms with Gasteiger partial charge >= 0.3 is 0 Å². The summed E-state index contributed by atoms with van der Waals surface area (Å²) in [6.45, 7) is 0. The topological polar surface area (TPSA) is 77.2 Å². The van der Waals surface area contributed by atoms with Crippen LogP contribution in [-0.2, 0) is 14.8 Å². The first-order chi connectivity index (χ1) is 6.95. The molecule has 0 aliphatic heterocycles. The van der Waals surface area contributed by atoms with E-state index in [4.69, 9.17) is 16.7 Å². The maximum Gasteiger partial charge on any atom is 0.239 e. The SMILES string of the molecule is NS(=O)(=O)c1ccc(C#CC=O)cc1Cl. The molecule has 0 saturated carbocycles. The fourth-order valence-corrected chi connectivity index (χ4v) is 2.01. The molecule has 0 aromatic heterocycles. The summed E-state index contributed by atoms with van der Waals surface area (Å²) in [5, 5.41) is 4.89. The number of rotatable bonds is 1. The Bertz CT molecular complexity index is 554. The van der Waals surface area contributed by atoms with E-state index in [9.17, 15) is 13.2 Å². The number of benzene rings is 1. The second-order valence-electron chi connectivity index (χ2n) is 2.58. The van der Waals surface area contributed by atoms with Crippen LogP contribution in [0, 0.1) is 11.8 Å². The normalized spacial score (nSPS) is 10.3. The molecule has 6 heteroatoms. The van der Waals surface area contributed by atoms with Gasteiger partial charge in [-0.2, -0.15) is 0 Å². The molecule has 15 heavy (non-hydrogen) atoms. The molecule has 1 rings (SSSR count). The molecule has 78 valence electrons. The van der Waals surface area contributed by atoms with Crippen LogP contribution in [0.15, 0.2) is 23.1 Å². The lowest BCUT2D eigenvalue weighted by molar-refractivity contribution is -0.103. The third-order valence-corrected chi connectivity index (χ3v) is 2.91. The van der Waals surface area contributed by atoms with E-state index in [1.165, 1.54) is 18.2 Å². The number of carbonyl (C=O) groups excluding carboxylic acids is 1. The Morgan fingerprint density at radius 1 is 1.40 bits per heavy atom. The average Bonchev–Trinajstić information content (AvgIpc) is 2.12. The molecular weight excluding hydrogens is 238 g/mol. The number of hydrogen-bond acceptors (Lipinski definition) is 3. The summed E-state index contributed by atoms with van der Waals surface area (Å²) in [6.07, 6.45) is 0.432. The molecule has 4 nitrogen and oxygen atoms in total. The van der Waals surface area contributed by atoms with Crippen LogP contribution in [-0.4, -0.2) is 14.7 Å². The molecule has 2 N–H and O–H groups in total. The Labute approximate surface area is 92.1 Å². The van der Waals surface area contributed by atoms with E-state index >= 15 is 0 Å². The Hall–Kier alpha value is -1.35. The van der Waals surface area contributed by atoms with Crippen molar-refractivity contribution in [1.82, 2.24) is 0 Å². The van der Waals surface area contributed by atoms with Crippen molar-refractivity contribution in [3.63, 3.8) is 0 Å². The lowest BCUT2D eigenvalue weighted by atomic mass is 10.2. The van der Waals surface area contributed by atoms with Gasteiger partial charge < -0.3 is 0 Å². The summed E-state index contributed by atoms with van der Waals surface area (Å²) in [7, 11) is -3.82. The zero-order valence-electron chi connectivity index (χ0n) is 7.40. The second-order valence-corrected chi connectivity index (χ2v) is 4.51. The predicted octanol–water partition coefficient (Wildman–Crippen LogP) is 0.538. The highest BCUT2D eigenvalue weighted by atomic mass is 35.5. The van der Waals surface area contributed by atoms with Gasteiger partial charge in [-0.1, -0.05) is 17.5 Å². The average molecular weight is 244 g/mol. The first-order valence-electron chi connectivity index (χ1n) is 3.72. The molecule has 0 radical (unpaired) electrons. The molecule has 0 saturated heterocycles. The van der Waals surface area contributed by atoms with Crippen molar-refractivity contribution in [2.75, 3.05) is 0 Å². The lowest BCUT2D eigenvalue weighted by Gasteiger charge is -2.00. The van der Waals surface area contributed by atoms with Gasteiger partial charge in [0.25, 0.3) is 0 Å².